The number of hydrogen-bond acceptors (Lipinski definition) is 2. The van der Waals surface area contributed by atoms with Crippen molar-refractivity contribution in [2.45, 2.75) is 58.0 Å². The van der Waals surface area contributed by atoms with Crippen molar-refractivity contribution in [1.29, 1.82) is 0 Å². The normalized spacial score (nSPS) is 20.5. The smallest absolute Gasteiger partial charge is 0.324 e. The van der Waals surface area contributed by atoms with Gasteiger partial charge in [-0.1, -0.05) is 32.6 Å². The summed E-state index contributed by atoms with van der Waals surface area (Å²) < 4.78 is 11.3. The van der Waals surface area contributed by atoms with E-state index in [1.54, 1.807) is 6.92 Å². The van der Waals surface area contributed by atoms with Gasteiger partial charge in [0.2, 0.25) is 0 Å². The number of carbonyl (C=O) groups excluding carboxylic acids is 1. The highest BCUT2D eigenvalue weighted by molar-refractivity contribution is 7.54. The van der Waals surface area contributed by atoms with Crippen LogP contribution in [0, 0.1) is 11.8 Å². The molecular weight excluding hydrogens is 239 g/mol. The zero-order chi connectivity index (χ0) is 13.3. The lowest BCUT2D eigenvalue weighted by Gasteiger charge is -2.28. The van der Waals surface area contributed by atoms with Crippen molar-refractivity contribution < 1.29 is 19.1 Å². The van der Waals surface area contributed by atoms with Gasteiger partial charge in [-0.3, -0.25) is 9.36 Å². The second kappa shape index (κ2) is 5.21. The first-order valence-corrected chi connectivity index (χ1v) is 7.87. The average molecular weight is 262 g/mol. The van der Waals surface area contributed by atoms with Crippen LogP contribution in [0.25, 0.3) is 0 Å². The summed E-state index contributed by atoms with van der Waals surface area (Å²) in [6, 6.07) is 0. The fourth-order valence-corrected chi connectivity index (χ4v) is 3.11. The number of Topliss-reactive ketones (excluding diaryl/α,β-unsaturated/α-hetero) is 1. The summed E-state index contributed by atoms with van der Waals surface area (Å²) >= 11 is 0. The first-order valence-electron chi connectivity index (χ1n) is 6.26. The maximum absolute atomic E-state index is 12.1. The van der Waals surface area contributed by atoms with Gasteiger partial charge in [-0.15, -0.1) is 0 Å². The molecule has 0 radical (unpaired) electrons. The molecule has 0 aromatic heterocycles. The Morgan fingerprint density at radius 3 is 2.24 bits per heavy atom. The van der Waals surface area contributed by atoms with E-state index in [1.165, 1.54) is 26.7 Å². The average Bonchev–Trinajstić information content (AvgIpc) is 2.67. The number of ketones is 1. The predicted molar refractivity (Wildman–Crippen MR) is 66.9 cm³/mol. The summed E-state index contributed by atoms with van der Waals surface area (Å²) in [7, 11) is -4.37. The summed E-state index contributed by atoms with van der Waals surface area (Å²) in [5, 5.41) is -1.55. The van der Waals surface area contributed by atoms with Crippen molar-refractivity contribution in [1.82, 2.24) is 0 Å². The minimum Gasteiger partial charge on any atom is -0.324 e. The first kappa shape index (κ1) is 14.9. The van der Waals surface area contributed by atoms with Gasteiger partial charge in [0.15, 0.2) is 5.78 Å². The summed E-state index contributed by atoms with van der Waals surface area (Å²) in [6.07, 6.45) is 5.49. The van der Waals surface area contributed by atoms with Crippen LogP contribution in [0.15, 0.2) is 0 Å². The third kappa shape index (κ3) is 3.40. The zero-order valence-electron chi connectivity index (χ0n) is 10.8. The van der Waals surface area contributed by atoms with E-state index in [1.807, 2.05) is 0 Å². The van der Waals surface area contributed by atoms with Crippen molar-refractivity contribution in [3.63, 3.8) is 0 Å². The Morgan fingerprint density at radius 2 is 1.82 bits per heavy atom. The summed E-state index contributed by atoms with van der Waals surface area (Å²) in [5.41, 5.74) is 0. The Kier molecular flexibility index (Phi) is 4.56. The molecule has 1 aliphatic carbocycles. The van der Waals surface area contributed by atoms with Crippen molar-refractivity contribution in [2.24, 2.45) is 11.8 Å². The maximum Gasteiger partial charge on any atom is 0.338 e. The molecule has 0 amide bonds. The Balaban J connectivity index is 2.65. The molecule has 0 unspecified atom stereocenters. The zero-order valence-corrected chi connectivity index (χ0v) is 11.7. The largest absolute Gasteiger partial charge is 0.338 e. The molecule has 0 spiro atoms. The predicted octanol–water partition coefficient (Wildman–Crippen LogP) is 2.73. The molecule has 1 fully saturated rings. The Morgan fingerprint density at radius 1 is 1.35 bits per heavy atom. The van der Waals surface area contributed by atoms with Crippen LogP contribution in [0.4, 0.5) is 0 Å². The van der Waals surface area contributed by atoms with E-state index in [0.29, 0.717) is 5.92 Å². The molecule has 2 N–H and O–H groups in total. The highest BCUT2D eigenvalue weighted by atomic mass is 31.2. The van der Waals surface area contributed by atoms with Crippen LogP contribution >= 0.6 is 7.60 Å². The van der Waals surface area contributed by atoms with E-state index in [4.69, 9.17) is 0 Å². The number of rotatable bonds is 5. The first-order chi connectivity index (χ1) is 7.66. The molecule has 0 aliphatic heterocycles. The van der Waals surface area contributed by atoms with Crippen molar-refractivity contribution in [3.8, 4) is 0 Å². The molecule has 0 bridgehead atoms. The van der Waals surface area contributed by atoms with Crippen LogP contribution in [0.1, 0.15) is 52.9 Å². The van der Waals surface area contributed by atoms with Gasteiger partial charge < -0.3 is 9.79 Å². The maximum atomic E-state index is 12.1. The lowest BCUT2D eigenvalue weighted by molar-refractivity contribution is -0.125. The van der Waals surface area contributed by atoms with Gasteiger partial charge in [0, 0.05) is 5.92 Å². The second-order valence-electron chi connectivity index (χ2n) is 5.75. The highest BCUT2D eigenvalue weighted by Crippen LogP contribution is 2.52. The van der Waals surface area contributed by atoms with Crippen molar-refractivity contribution in [2.75, 3.05) is 0 Å². The lowest BCUT2D eigenvalue weighted by atomic mass is 9.87. The van der Waals surface area contributed by atoms with E-state index in [2.05, 4.69) is 0 Å². The molecule has 0 saturated heterocycles. The second-order valence-corrected chi connectivity index (χ2v) is 7.96. The van der Waals surface area contributed by atoms with Gasteiger partial charge >= 0.3 is 7.60 Å². The minimum atomic E-state index is -4.37. The van der Waals surface area contributed by atoms with E-state index in [0.717, 1.165) is 19.3 Å². The lowest BCUT2D eigenvalue weighted by Crippen LogP contribution is -2.36. The van der Waals surface area contributed by atoms with Crippen LogP contribution < -0.4 is 0 Å². The Bertz CT molecular complexity index is 325. The fourth-order valence-electron chi connectivity index (χ4n) is 2.60. The summed E-state index contributed by atoms with van der Waals surface area (Å²) in [5.74, 6) is -0.0139. The van der Waals surface area contributed by atoms with E-state index in [-0.39, 0.29) is 11.7 Å². The van der Waals surface area contributed by atoms with Crippen molar-refractivity contribution in [3.05, 3.63) is 0 Å². The Labute approximate surface area is 103 Å². The van der Waals surface area contributed by atoms with Gasteiger partial charge in [0.1, 0.15) is 5.16 Å². The molecule has 1 atom stereocenters. The monoisotopic (exact) mass is 262 g/mol. The molecule has 0 aromatic carbocycles. The van der Waals surface area contributed by atoms with Crippen LogP contribution in [-0.4, -0.2) is 20.7 Å². The highest BCUT2D eigenvalue weighted by Gasteiger charge is 2.46. The van der Waals surface area contributed by atoms with Gasteiger partial charge in [0.05, 0.1) is 0 Å². The molecule has 0 aromatic rings. The van der Waals surface area contributed by atoms with Crippen LogP contribution in [0.3, 0.4) is 0 Å². The van der Waals surface area contributed by atoms with E-state index in [9.17, 15) is 19.1 Å². The minimum absolute atomic E-state index is 0.263. The van der Waals surface area contributed by atoms with Gasteiger partial charge in [-0.05, 0) is 26.2 Å². The Hall–Kier alpha value is -0.180. The fraction of sp³-hybridized carbons (Fsp3) is 0.917. The summed E-state index contributed by atoms with van der Waals surface area (Å²) in [4.78, 5) is 30.5. The molecule has 100 valence electrons. The third-order valence-electron chi connectivity index (χ3n) is 3.94. The molecule has 1 aliphatic rings. The molecule has 17 heavy (non-hydrogen) atoms. The number of carbonyl (C=O) groups is 1. The molecule has 4 nitrogen and oxygen atoms in total. The topological polar surface area (TPSA) is 74.6 Å². The number of hydrogen-bond donors (Lipinski definition) is 2. The summed E-state index contributed by atoms with van der Waals surface area (Å²) in [6.45, 7) is 4.49. The molecule has 5 heteroatoms. The molecule has 0 heterocycles. The third-order valence-corrected chi connectivity index (χ3v) is 5.62. The van der Waals surface area contributed by atoms with Crippen LogP contribution in [0.2, 0.25) is 0 Å². The van der Waals surface area contributed by atoms with E-state index < -0.39 is 12.8 Å². The molecule has 1 rings (SSSR count). The van der Waals surface area contributed by atoms with Crippen LogP contribution in [0.5, 0.6) is 0 Å². The van der Waals surface area contributed by atoms with E-state index >= 15 is 0 Å². The molecular formula is C12H23O4P. The van der Waals surface area contributed by atoms with Crippen molar-refractivity contribution >= 4 is 13.4 Å². The standard InChI is InChI=1S/C12H23O4P/c1-9(8-10-6-4-5-7-10)11(13)12(2,3)17(14,15)16/h9-10H,4-8H2,1-3H3,(H2,14,15,16)/t9-/m1/s1. The van der Waals surface area contributed by atoms with Gasteiger partial charge in [-0.2, -0.15) is 0 Å². The molecule has 1 saturated carbocycles. The van der Waals surface area contributed by atoms with Gasteiger partial charge in [-0.25, -0.2) is 0 Å². The van der Waals surface area contributed by atoms with Crippen LogP contribution in [-0.2, 0) is 9.36 Å². The SMILES string of the molecule is C[C@H](CC1CCCC1)C(=O)C(C)(C)P(=O)(O)O. The quantitative estimate of drug-likeness (QED) is 0.747. The van der Waals surface area contributed by atoms with Gasteiger partial charge in [0.25, 0.3) is 0 Å².